The molecule has 2 aliphatic heterocycles. The van der Waals surface area contributed by atoms with Gasteiger partial charge in [0.05, 0.1) is 6.10 Å². The van der Waals surface area contributed by atoms with Crippen molar-refractivity contribution in [3.05, 3.63) is 24.3 Å². The van der Waals surface area contributed by atoms with Crippen LogP contribution in [0.5, 0.6) is 0 Å². The molecule has 0 amide bonds. The Morgan fingerprint density at radius 2 is 2.14 bits per heavy atom. The van der Waals surface area contributed by atoms with Crippen molar-refractivity contribution in [2.75, 3.05) is 0 Å². The third-order valence-electron chi connectivity index (χ3n) is 5.04. The van der Waals surface area contributed by atoms with Gasteiger partial charge in [-0.1, -0.05) is 31.2 Å². The Morgan fingerprint density at radius 1 is 1.24 bits per heavy atom. The summed E-state index contributed by atoms with van der Waals surface area (Å²) in [6.07, 6.45) is 16.0. The third kappa shape index (κ3) is 3.23. The zero-order valence-corrected chi connectivity index (χ0v) is 12.9. The van der Waals surface area contributed by atoms with Crippen LogP contribution in [0.25, 0.3) is 0 Å². The lowest BCUT2D eigenvalue weighted by Crippen LogP contribution is -2.34. The molecule has 1 saturated carbocycles. The number of hydrogen-bond acceptors (Lipinski definition) is 3. The molecule has 2 fully saturated rings. The highest BCUT2D eigenvalue weighted by molar-refractivity contribution is 5.69. The molecule has 3 heteroatoms. The van der Waals surface area contributed by atoms with Crippen LogP contribution in [-0.2, 0) is 14.3 Å². The van der Waals surface area contributed by atoms with Crippen LogP contribution in [0.4, 0.5) is 0 Å². The lowest BCUT2D eigenvalue weighted by molar-refractivity contribution is -0.161. The fourth-order valence-corrected chi connectivity index (χ4v) is 3.99. The summed E-state index contributed by atoms with van der Waals surface area (Å²) in [6.45, 7) is 2.18. The van der Waals surface area contributed by atoms with Crippen molar-refractivity contribution in [2.45, 2.75) is 70.2 Å². The van der Waals surface area contributed by atoms with Gasteiger partial charge in [-0.15, -0.1) is 0 Å². The standard InChI is InChI=1S/C18H26O3/c1-2-15-14-12-16-18(21-15)13(14)10-8-6-4-3-5-7-9-11-17(19)20-16/h3-4,8,10,13-16,18H,2,5-7,9,11-12H2,1H3/b4-3-,10-8-/t13-,14-,15+,16+,18+/m0/s1. The Labute approximate surface area is 127 Å². The van der Waals surface area contributed by atoms with Gasteiger partial charge in [0.15, 0.2) is 0 Å². The molecule has 0 spiro atoms. The van der Waals surface area contributed by atoms with Crippen LogP contribution in [0.3, 0.4) is 0 Å². The number of esters is 1. The van der Waals surface area contributed by atoms with E-state index in [4.69, 9.17) is 9.47 Å². The van der Waals surface area contributed by atoms with Gasteiger partial charge in [0.25, 0.3) is 0 Å². The van der Waals surface area contributed by atoms with Gasteiger partial charge in [0.1, 0.15) is 12.2 Å². The van der Waals surface area contributed by atoms with E-state index in [1.165, 1.54) is 0 Å². The summed E-state index contributed by atoms with van der Waals surface area (Å²) in [4.78, 5) is 12.0. The Balaban J connectivity index is 1.73. The minimum atomic E-state index is -0.0482. The summed E-state index contributed by atoms with van der Waals surface area (Å²) in [5.74, 6) is 0.889. The van der Waals surface area contributed by atoms with Crippen LogP contribution in [0.2, 0.25) is 0 Å². The zero-order valence-electron chi connectivity index (χ0n) is 12.9. The van der Waals surface area contributed by atoms with Gasteiger partial charge in [0, 0.05) is 12.3 Å². The van der Waals surface area contributed by atoms with Crippen molar-refractivity contribution in [1.29, 1.82) is 0 Å². The van der Waals surface area contributed by atoms with E-state index in [2.05, 4.69) is 31.2 Å². The Bertz CT molecular complexity index is 426. The second-order valence-corrected chi connectivity index (χ2v) is 6.43. The number of ether oxygens (including phenoxy) is 2. The van der Waals surface area contributed by atoms with Crippen LogP contribution in [0.15, 0.2) is 24.3 Å². The van der Waals surface area contributed by atoms with Gasteiger partial charge in [-0.05, 0) is 44.4 Å². The van der Waals surface area contributed by atoms with Gasteiger partial charge in [-0.2, -0.15) is 0 Å². The van der Waals surface area contributed by atoms with Crippen molar-refractivity contribution >= 4 is 5.97 Å². The SMILES string of the molecule is CC[C@H]1O[C@@H]2[C@H]3/C=C\C/C=C\CCCCC(=O)O[C@@H]2C[C@@H]31. The summed E-state index contributed by atoms with van der Waals surface area (Å²) in [5.41, 5.74) is 0. The number of allylic oxidation sites excluding steroid dienone is 3. The summed E-state index contributed by atoms with van der Waals surface area (Å²) >= 11 is 0. The lowest BCUT2D eigenvalue weighted by atomic mass is 9.91. The van der Waals surface area contributed by atoms with Crippen LogP contribution in [-0.4, -0.2) is 24.3 Å². The average molecular weight is 290 g/mol. The van der Waals surface area contributed by atoms with Crippen molar-refractivity contribution < 1.29 is 14.3 Å². The topological polar surface area (TPSA) is 35.5 Å². The molecule has 2 heterocycles. The number of rotatable bonds is 1. The van der Waals surface area contributed by atoms with Gasteiger partial charge >= 0.3 is 5.97 Å². The number of hydrogen-bond donors (Lipinski definition) is 0. The van der Waals surface area contributed by atoms with Crippen molar-refractivity contribution in [3.8, 4) is 0 Å². The van der Waals surface area contributed by atoms with Gasteiger partial charge in [-0.3, -0.25) is 4.79 Å². The van der Waals surface area contributed by atoms with E-state index in [1.54, 1.807) is 0 Å². The van der Waals surface area contributed by atoms with E-state index >= 15 is 0 Å². The predicted octanol–water partition coefficient (Wildman–Crippen LogP) is 3.79. The summed E-state index contributed by atoms with van der Waals surface area (Å²) < 4.78 is 11.8. The van der Waals surface area contributed by atoms with E-state index in [1.807, 2.05) is 0 Å². The van der Waals surface area contributed by atoms with Crippen LogP contribution in [0, 0.1) is 11.8 Å². The van der Waals surface area contributed by atoms with E-state index in [-0.39, 0.29) is 18.2 Å². The smallest absolute Gasteiger partial charge is 0.306 e. The van der Waals surface area contributed by atoms with Crippen LogP contribution < -0.4 is 0 Å². The fraction of sp³-hybridized carbons (Fsp3) is 0.722. The maximum atomic E-state index is 12.0. The van der Waals surface area contributed by atoms with Crippen molar-refractivity contribution in [2.24, 2.45) is 11.8 Å². The summed E-state index contributed by atoms with van der Waals surface area (Å²) in [6, 6.07) is 0. The van der Waals surface area contributed by atoms with Gasteiger partial charge in [-0.25, -0.2) is 0 Å². The highest BCUT2D eigenvalue weighted by Gasteiger charge is 2.54. The maximum Gasteiger partial charge on any atom is 0.306 e. The molecular weight excluding hydrogens is 264 g/mol. The molecule has 0 radical (unpaired) electrons. The molecule has 3 aliphatic rings. The molecule has 3 rings (SSSR count). The van der Waals surface area contributed by atoms with E-state index in [9.17, 15) is 4.79 Å². The van der Waals surface area contributed by atoms with Gasteiger partial charge < -0.3 is 9.47 Å². The first-order chi connectivity index (χ1) is 10.3. The first-order valence-electron chi connectivity index (χ1n) is 8.46. The first kappa shape index (κ1) is 14.8. The molecule has 1 aliphatic carbocycles. The summed E-state index contributed by atoms with van der Waals surface area (Å²) in [5, 5.41) is 0. The molecule has 0 unspecified atom stereocenters. The third-order valence-corrected chi connectivity index (χ3v) is 5.04. The van der Waals surface area contributed by atoms with Crippen LogP contribution >= 0.6 is 0 Å². The fourth-order valence-electron chi connectivity index (χ4n) is 3.99. The molecule has 0 aromatic carbocycles. The average Bonchev–Trinajstić information content (AvgIpc) is 2.98. The minimum Gasteiger partial charge on any atom is -0.460 e. The second-order valence-electron chi connectivity index (χ2n) is 6.43. The van der Waals surface area contributed by atoms with Gasteiger partial charge in [0.2, 0.25) is 0 Å². The quantitative estimate of drug-likeness (QED) is 0.544. The molecule has 0 aromatic rings. The zero-order chi connectivity index (χ0) is 14.7. The molecule has 0 aromatic heterocycles. The summed E-state index contributed by atoms with van der Waals surface area (Å²) in [7, 11) is 0. The van der Waals surface area contributed by atoms with Crippen molar-refractivity contribution in [3.63, 3.8) is 0 Å². The number of carbonyl (C=O) groups is 1. The molecule has 4 bridgehead atoms. The largest absolute Gasteiger partial charge is 0.460 e. The van der Waals surface area contributed by atoms with Crippen molar-refractivity contribution in [1.82, 2.24) is 0 Å². The highest BCUT2D eigenvalue weighted by atomic mass is 16.6. The molecule has 5 atom stereocenters. The van der Waals surface area contributed by atoms with Crippen LogP contribution in [0.1, 0.15) is 51.9 Å². The normalized spacial score (nSPS) is 43.1. The maximum absolute atomic E-state index is 12.0. The van der Waals surface area contributed by atoms with E-state index in [0.717, 1.165) is 38.5 Å². The Kier molecular flexibility index (Phi) is 4.79. The molecule has 0 N–H and O–H groups in total. The second kappa shape index (κ2) is 6.78. The van der Waals surface area contributed by atoms with E-state index in [0.29, 0.717) is 24.4 Å². The molecule has 1 saturated heterocycles. The number of carbonyl (C=O) groups excluding carboxylic acids is 1. The molecule has 116 valence electrons. The lowest BCUT2D eigenvalue weighted by Gasteiger charge is -2.27. The predicted molar refractivity (Wildman–Crippen MR) is 81.8 cm³/mol. The Hall–Kier alpha value is -1.09. The molecule has 21 heavy (non-hydrogen) atoms. The molecular formula is C18H26O3. The Morgan fingerprint density at radius 3 is 3.00 bits per heavy atom. The first-order valence-corrected chi connectivity index (χ1v) is 8.46. The highest BCUT2D eigenvalue weighted by Crippen LogP contribution is 2.48. The minimum absolute atomic E-state index is 0.0292. The molecule has 3 nitrogen and oxygen atoms in total. The van der Waals surface area contributed by atoms with E-state index < -0.39 is 0 Å². The monoisotopic (exact) mass is 290 g/mol.